The summed E-state index contributed by atoms with van der Waals surface area (Å²) in [5.74, 6) is 5.56. The molecule has 5 fully saturated rings. The maximum Gasteiger partial charge on any atom is 0.0649 e. The highest BCUT2D eigenvalue weighted by Gasteiger charge is 2.59. The van der Waals surface area contributed by atoms with Gasteiger partial charge in [0.1, 0.15) is 0 Å². The van der Waals surface area contributed by atoms with E-state index in [2.05, 4.69) is 30.9 Å². The third kappa shape index (κ3) is 2.16. The summed E-state index contributed by atoms with van der Waals surface area (Å²) >= 11 is 2.25. The van der Waals surface area contributed by atoms with Crippen LogP contribution in [-0.4, -0.2) is 17.2 Å². The van der Waals surface area contributed by atoms with Crippen LogP contribution in [-0.2, 0) is 0 Å². The molecule has 0 aromatic carbocycles. The second-order valence-corrected chi connectivity index (χ2v) is 11.7. The van der Waals surface area contributed by atoms with Crippen LogP contribution < -0.4 is 5.32 Å². The highest BCUT2D eigenvalue weighted by molar-refractivity contribution is 8.00. The van der Waals surface area contributed by atoms with Crippen molar-refractivity contribution < 1.29 is 0 Å². The van der Waals surface area contributed by atoms with Gasteiger partial charge in [-0.2, -0.15) is 0 Å². The Labute approximate surface area is 147 Å². The molecule has 0 aromatic heterocycles. The Morgan fingerprint density at radius 1 is 0.913 bits per heavy atom. The molecule has 1 heterocycles. The second kappa shape index (κ2) is 5.16. The minimum atomic E-state index is 0.480. The van der Waals surface area contributed by atoms with Gasteiger partial charge >= 0.3 is 0 Å². The molecule has 1 unspecified atom stereocenters. The summed E-state index contributed by atoms with van der Waals surface area (Å²) in [7, 11) is 0. The lowest BCUT2D eigenvalue weighted by Crippen LogP contribution is -2.56. The van der Waals surface area contributed by atoms with E-state index in [1.165, 1.54) is 50.8 Å². The molecule has 1 N–H and O–H groups in total. The maximum absolute atomic E-state index is 3.90. The van der Waals surface area contributed by atoms with E-state index in [0.717, 1.165) is 29.1 Å². The van der Waals surface area contributed by atoms with Crippen LogP contribution in [0.2, 0.25) is 0 Å². The summed E-state index contributed by atoms with van der Waals surface area (Å²) in [6.07, 6.45) is 15.2. The van der Waals surface area contributed by atoms with Crippen molar-refractivity contribution in [3.05, 3.63) is 0 Å². The molecule has 1 nitrogen and oxygen atoms in total. The quantitative estimate of drug-likeness (QED) is 0.632. The average molecular weight is 334 g/mol. The summed E-state index contributed by atoms with van der Waals surface area (Å²) in [5, 5.41) is 3.90. The van der Waals surface area contributed by atoms with Gasteiger partial charge in [-0.3, -0.25) is 0 Å². The molecule has 0 aromatic rings. The zero-order valence-electron chi connectivity index (χ0n) is 15.2. The van der Waals surface area contributed by atoms with Crippen molar-refractivity contribution in [3.8, 4) is 0 Å². The molecule has 1 spiro atoms. The van der Waals surface area contributed by atoms with Crippen LogP contribution in [0, 0.1) is 34.5 Å². The minimum Gasteiger partial charge on any atom is -0.302 e. The molecule has 4 saturated carbocycles. The number of nitrogens with one attached hydrogen (secondary N) is 1. The molecule has 0 amide bonds. The summed E-state index contributed by atoms with van der Waals surface area (Å²) in [5.41, 5.74) is 1.39. The lowest BCUT2D eigenvalue weighted by atomic mass is 9.45. The van der Waals surface area contributed by atoms with Gasteiger partial charge in [-0.1, -0.05) is 20.3 Å². The molecule has 5 aliphatic rings. The summed E-state index contributed by atoms with van der Waals surface area (Å²) in [6, 6.07) is 0. The molecular weight excluding hydrogens is 298 g/mol. The Balaban J connectivity index is 1.41. The first-order valence-electron chi connectivity index (χ1n) is 10.4. The first kappa shape index (κ1) is 15.6. The van der Waals surface area contributed by atoms with Gasteiger partial charge in [0.25, 0.3) is 0 Å². The van der Waals surface area contributed by atoms with Crippen molar-refractivity contribution in [2.75, 3.05) is 12.3 Å². The second-order valence-electron chi connectivity index (χ2n) is 10.2. The Bertz CT molecular complexity index is 484. The highest BCUT2D eigenvalue weighted by atomic mass is 32.2. The zero-order chi connectivity index (χ0) is 15.7. The van der Waals surface area contributed by atoms with Crippen LogP contribution in [0.1, 0.15) is 78.1 Å². The van der Waals surface area contributed by atoms with Crippen molar-refractivity contribution in [2.24, 2.45) is 34.5 Å². The van der Waals surface area contributed by atoms with Crippen molar-refractivity contribution in [2.45, 2.75) is 82.9 Å². The predicted octanol–water partition coefficient (Wildman–Crippen LogP) is 5.45. The molecule has 5 rings (SSSR count). The van der Waals surface area contributed by atoms with Gasteiger partial charge in [-0.15, -0.1) is 11.8 Å². The molecule has 130 valence electrons. The largest absolute Gasteiger partial charge is 0.302 e. The first-order chi connectivity index (χ1) is 11.0. The number of hydrogen-bond donors (Lipinski definition) is 1. The summed E-state index contributed by atoms with van der Waals surface area (Å²) < 4.78 is 0. The smallest absolute Gasteiger partial charge is 0.0649 e. The van der Waals surface area contributed by atoms with Gasteiger partial charge in [0.05, 0.1) is 4.87 Å². The average Bonchev–Trinajstić information content (AvgIpc) is 3.15. The molecule has 23 heavy (non-hydrogen) atoms. The van der Waals surface area contributed by atoms with Gasteiger partial charge in [-0.25, -0.2) is 0 Å². The van der Waals surface area contributed by atoms with Gasteiger partial charge in [0.2, 0.25) is 0 Å². The number of hydrogen-bond acceptors (Lipinski definition) is 2. The number of thioether (sulfide) groups is 1. The van der Waals surface area contributed by atoms with Crippen molar-refractivity contribution in [1.82, 2.24) is 5.32 Å². The van der Waals surface area contributed by atoms with Gasteiger partial charge < -0.3 is 5.32 Å². The Hall–Kier alpha value is 0.310. The van der Waals surface area contributed by atoms with Crippen LogP contribution in [0.25, 0.3) is 0 Å². The Morgan fingerprint density at radius 2 is 1.83 bits per heavy atom. The van der Waals surface area contributed by atoms with E-state index in [-0.39, 0.29) is 0 Å². The lowest BCUT2D eigenvalue weighted by molar-refractivity contribution is -0.109. The molecule has 0 bridgehead atoms. The molecule has 7 atom stereocenters. The van der Waals surface area contributed by atoms with Crippen molar-refractivity contribution >= 4 is 11.8 Å². The van der Waals surface area contributed by atoms with E-state index in [1.807, 2.05) is 0 Å². The fourth-order valence-corrected chi connectivity index (χ4v) is 9.46. The van der Waals surface area contributed by atoms with Crippen molar-refractivity contribution in [1.29, 1.82) is 0 Å². The SMILES string of the molecule is C[C@@]12CCC[C@H]1[C@@H]1CC[C@H]3CC4(CC[C@]3(C)[C@H]1CC2)NCCS4. The van der Waals surface area contributed by atoms with Crippen molar-refractivity contribution in [3.63, 3.8) is 0 Å². The Kier molecular flexibility index (Phi) is 3.49. The van der Waals surface area contributed by atoms with E-state index >= 15 is 0 Å². The normalized spacial score (nSPS) is 58.7. The Morgan fingerprint density at radius 3 is 2.65 bits per heavy atom. The molecule has 1 saturated heterocycles. The van der Waals surface area contributed by atoms with Gasteiger partial charge in [0, 0.05) is 12.3 Å². The highest BCUT2D eigenvalue weighted by Crippen LogP contribution is 2.67. The van der Waals surface area contributed by atoms with E-state index in [9.17, 15) is 0 Å². The topological polar surface area (TPSA) is 12.0 Å². The van der Waals surface area contributed by atoms with E-state index in [0.29, 0.717) is 10.3 Å². The van der Waals surface area contributed by atoms with E-state index in [1.54, 1.807) is 25.7 Å². The predicted molar refractivity (Wildman–Crippen MR) is 99.5 cm³/mol. The van der Waals surface area contributed by atoms with E-state index in [4.69, 9.17) is 0 Å². The third-order valence-electron chi connectivity index (χ3n) is 9.42. The molecular formula is C21H35NS. The molecule has 0 radical (unpaired) electrons. The van der Waals surface area contributed by atoms with Crippen LogP contribution in [0.15, 0.2) is 0 Å². The molecule has 1 aliphatic heterocycles. The van der Waals surface area contributed by atoms with E-state index < -0.39 is 0 Å². The molecule has 2 heteroatoms. The zero-order valence-corrected chi connectivity index (χ0v) is 16.0. The monoisotopic (exact) mass is 333 g/mol. The minimum absolute atomic E-state index is 0.480. The fourth-order valence-electron chi connectivity index (χ4n) is 8.09. The van der Waals surface area contributed by atoms with Crippen LogP contribution in [0.3, 0.4) is 0 Å². The van der Waals surface area contributed by atoms with Gasteiger partial charge in [0.15, 0.2) is 0 Å². The molecule has 4 aliphatic carbocycles. The lowest BCUT2D eigenvalue weighted by Gasteiger charge is -2.62. The first-order valence-corrected chi connectivity index (χ1v) is 11.4. The standard InChI is InChI=1S/C21H35NS/c1-19-8-3-4-17(19)16-6-5-15-14-21(22-12-13-23-21)11-10-20(15,2)18(16)7-9-19/h15-18,22H,3-14H2,1-2H3/t15-,16-,17-,18-,19-,20-,21?/m0/s1. The maximum atomic E-state index is 3.90. The van der Waals surface area contributed by atoms with Crippen LogP contribution >= 0.6 is 11.8 Å². The number of fused-ring (bicyclic) bond motifs is 5. The number of rotatable bonds is 0. The fraction of sp³-hybridized carbons (Fsp3) is 1.00. The van der Waals surface area contributed by atoms with Gasteiger partial charge in [-0.05, 0) is 92.3 Å². The summed E-state index contributed by atoms with van der Waals surface area (Å²) in [4.78, 5) is 0.480. The van der Waals surface area contributed by atoms with Crippen LogP contribution in [0.4, 0.5) is 0 Å². The van der Waals surface area contributed by atoms with Crippen LogP contribution in [0.5, 0.6) is 0 Å². The third-order valence-corrected chi connectivity index (χ3v) is 10.9. The summed E-state index contributed by atoms with van der Waals surface area (Å²) in [6.45, 7) is 6.61.